The summed E-state index contributed by atoms with van der Waals surface area (Å²) in [4.78, 5) is 11.1. The second kappa shape index (κ2) is 5.46. The van der Waals surface area contributed by atoms with Gasteiger partial charge < -0.3 is 24.1 Å². The van der Waals surface area contributed by atoms with Crippen LogP contribution in [0.15, 0.2) is 12.1 Å². The van der Waals surface area contributed by atoms with E-state index in [4.69, 9.17) is 24.1 Å². The van der Waals surface area contributed by atoms with Gasteiger partial charge in [-0.15, -0.1) is 0 Å². The van der Waals surface area contributed by atoms with Crippen LogP contribution in [0.2, 0.25) is 0 Å². The standard InChI is InChI=1S/C13H16O6/c1-16-8-4-5-9(17-2)11-7(8)6-10(12(14)15)19-13(11)18-3/h4-5,10,13H,6H2,1-3H3,(H,14,15). The Morgan fingerprint density at radius 2 is 1.89 bits per heavy atom. The van der Waals surface area contributed by atoms with Crippen LogP contribution in [0.1, 0.15) is 17.4 Å². The first-order chi connectivity index (χ1) is 9.12. The fourth-order valence-electron chi connectivity index (χ4n) is 2.23. The SMILES string of the molecule is COc1ccc(OC)c2c1CC(C(=O)O)OC2OC. The fraction of sp³-hybridized carbons (Fsp3) is 0.462. The number of fused-ring (bicyclic) bond motifs is 1. The van der Waals surface area contributed by atoms with Gasteiger partial charge in [-0.2, -0.15) is 0 Å². The molecule has 1 aliphatic rings. The highest BCUT2D eigenvalue weighted by Crippen LogP contribution is 2.41. The van der Waals surface area contributed by atoms with Crippen LogP contribution in [0.5, 0.6) is 11.5 Å². The van der Waals surface area contributed by atoms with Crippen LogP contribution < -0.4 is 9.47 Å². The van der Waals surface area contributed by atoms with Crippen LogP contribution in [0.3, 0.4) is 0 Å². The minimum Gasteiger partial charge on any atom is -0.496 e. The normalized spacial score (nSPS) is 21.6. The maximum atomic E-state index is 11.1. The van der Waals surface area contributed by atoms with Gasteiger partial charge in [0.2, 0.25) is 0 Å². The Morgan fingerprint density at radius 3 is 2.42 bits per heavy atom. The summed E-state index contributed by atoms with van der Waals surface area (Å²) in [6.07, 6.45) is -1.53. The molecule has 1 heterocycles. The van der Waals surface area contributed by atoms with Crippen LogP contribution in [-0.2, 0) is 20.7 Å². The lowest BCUT2D eigenvalue weighted by Gasteiger charge is -2.31. The van der Waals surface area contributed by atoms with Crippen molar-refractivity contribution in [3.05, 3.63) is 23.3 Å². The number of aliphatic carboxylic acids is 1. The molecule has 2 unspecified atom stereocenters. The minimum atomic E-state index is -1.03. The number of carbonyl (C=O) groups is 1. The molecule has 2 atom stereocenters. The quantitative estimate of drug-likeness (QED) is 0.889. The zero-order valence-electron chi connectivity index (χ0n) is 11.0. The van der Waals surface area contributed by atoms with E-state index in [-0.39, 0.29) is 6.42 Å². The van der Waals surface area contributed by atoms with Gasteiger partial charge >= 0.3 is 5.97 Å². The van der Waals surface area contributed by atoms with Crippen LogP contribution in [0.4, 0.5) is 0 Å². The molecule has 104 valence electrons. The van der Waals surface area contributed by atoms with Crippen LogP contribution in [-0.4, -0.2) is 38.5 Å². The summed E-state index contributed by atoms with van der Waals surface area (Å²) in [7, 11) is 4.53. The van der Waals surface area contributed by atoms with E-state index < -0.39 is 18.4 Å². The highest BCUT2D eigenvalue weighted by Gasteiger charge is 2.36. The Kier molecular flexibility index (Phi) is 3.92. The monoisotopic (exact) mass is 268 g/mol. The van der Waals surface area contributed by atoms with E-state index in [1.54, 1.807) is 12.1 Å². The molecule has 1 N–H and O–H groups in total. The Hall–Kier alpha value is -1.79. The predicted octanol–water partition coefficient (Wildman–Crippen LogP) is 1.37. The molecule has 0 saturated carbocycles. The van der Waals surface area contributed by atoms with Crippen molar-refractivity contribution in [1.29, 1.82) is 0 Å². The number of hydrogen-bond acceptors (Lipinski definition) is 5. The number of carboxylic acids is 1. The Balaban J connectivity index is 2.55. The summed E-state index contributed by atoms with van der Waals surface area (Å²) < 4.78 is 21.2. The molecule has 19 heavy (non-hydrogen) atoms. The third-order valence-corrected chi connectivity index (χ3v) is 3.12. The number of ether oxygens (including phenoxy) is 4. The topological polar surface area (TPSA) is 74.2 Å². The van der Waals surface area contributed by atoms with Crippen molar-refractivity contribution >= 4 is 5.97 Å². The number of benzene rings is 1. The van der Waals surface area contributed by atoms with Gasteiger partial charge in [0.1, 0.15) is 11.5 Å². The molecule has 0 fully saturated rings. The van der Waals surface area contributed by atoms with Gasteiger partial charge in [-0.1, -0.05) is 0 Å². The lowest BCUT2D eigenvalue weighted by Crippen LogP contribution is -2.34. The summed E-state index contributed by atoms with van der Waals surface area (Å²) in [5.74, 6) is 0.163. The van der Waals surface area contributed by atoms with Crippen molar-refractivity contribution < 1.29 is 28.8 Å². The molecule has 1 aromatic carbocycles. The van der Waals surface area contributed by atoms with Crippen molar-refractivity contribution in [1.82, 2.24) is 0 Å². The predicted molar refractivity (Wildman–Crippen MR) is 65.5 cm³/mol. The van der Waals surface area contributed by atoms with Gasteiger partial charge in [-0.05, 0) is 12.1 Å². The first kappa shape index (κ1) is 13.6. The summed E-state index contributed by atoms with van der Waals surface area (Å²) in [6, 6.07) is 3.49. The first-order valence-corrected chi connectivity index (χ1v) is 5.77. The second-order valence-electron chi connectivity index (χ2n) is 4.10. The van der Waals surface area contributed by atoms with Gasteiger partial charge in [-0.25, -0.2) is 4.79 Å². The van der Waals surface area contributed by atoms with Crippen molar-refractivity contribution in [3.8, 4) is 11.5 Å². The summed E-state index contributed by atoms with van der Waals surface area (Å²) in [5, 5.41) is 9.11. The molecule has 0 aromatic heterocycles. The van der Waals surface area contributed by atoms with Crippen molar-refractivity contribution in [2.24, 2.45) is 0 Å². The number of rotatable bonds is 4. The van der Waals surface area contributed by atoms with Crippen molar-refractivity contribution in [2.75, 3.05) is 21.3 Å². The number of carboxylic acid groups (broad SMARTS) is 1. The molecule has 1 aliphatic heterocycles. The van der Waals surface area contributed by atoms with Gasteiger partial charge in [0.25, 0.3) is 0 Å². The summed E-state index contributed by atoms with van der Waals surface area (Å²) in [5.41, 5.74) is 1.43. The maximum Gasteiger partial charge on any atom is 0.333 e. The average Bonchev–Trinajstić information content (AvgIpc) is 2.44. The average molecular weight is 268 g/mol. The second-order valence-corrected chi connectivity index (χ2v) is 4.10. The first-order valence-electron chi connectivity index (χ1n) is 5.77. The molecule has 0 amide bonds. The zero-order chi connectivity index (χ0) is 14.0. The number of methoxy groups -OCH3 is 3. The van der Waals surface area contributed by atoms with E-state index in [2.05, 4.69) is 0 Å². The van der Waals surface area contributed by atoms with Gasteiger partial charge in [0.15, 0.2) is 12.4 Å². The Morgan fingerprint density at radius 1 is 1.26 bits per heavy atom. The van der Waals surface area contributed by atoms with Crippen molar-refractivity contribution in [2.45, 2.75) is 18.8 Å². The molecule has 0 saturated heterocycles. The Labute approximate surface area is 110 Å². The highest BCUT2D eigenvalue weighted by atomic mass is 16.7. The van der Waals surface area contributed by atoms with Gasteiger partial charge in [0, 0.05) is 19.1 Å². The van der Waals surface area contributed by atoms with Crippen LogP contribution >= 0.6 is 0 Å². The highest BCUT2D eigenvalue weighted by molar-refractivity contribution is 5.74. The lowest BCUT2D eigenvalue weighted by atomic mass is 9.96. The van der Waals surface area contributed by atoms with Gasteiger partial charge in [0.05, 0.1) is 19.8 Å². The third-order valence-electron chi connectivity index (χ3n) is 3.12. The van der Waals surface area contributed by atoms with E-state index in [1.807, 2.05) is 0 Å². The van der Waals surface area contributed by atoms with E-state index in [9.17, 15) is 4.79 Å². The maximum absolute atomic E-state index is 11.1. The lowest BCUT2D eigenvalue weighted by molar-refractivity contribution is -0.190. The minimum absolute atomic E-state index is 0.213. The molecule has 0 spiro atoms. The van der Waals surface area contributed by atoms with E-state index in [0.717, 1.165) is 5.56 Å². The Bertz CT molecular complexity index is 484. The molecule has 6 heteroatoms. The summed E-state index contributed by atoms with van der Waals surface area (Å²) >= 11 is 0. The van der Waals surface area contributed by atoms with E-state index >= 15 is 0 Å². The van der Waals surface area contributed by atoms with Crippen molar-refractivity contribution in [3.63, 3.8) is 0 Å². The smallest absolute Gasteiger partial charge is 0.333 e. The van der Waals surface area contributed by atoms with Crippen LogP contribution in [0, 0.1) is 0 Å². The molecule has 0 aliphatic carbocycles. The summed E-state index contributed by atoms with van der Waals surface area (Å²) in [6.45, 7) is 0. The zero-order valence-corrected chi connectivity index (χ0v) is 11.0. The molecule has 0 bridgehead atoms. The largest absolute Gasteiger partial charge is 0.496 e. The fourth-order valence-corrected chi connectivity index (χ4v) is 2.23. The van der Waals surface area contributed by atoms with Gasteiger partial charge in [-0.3, -0.25) is 0 Å². The van der Waals surface area contributed by atoms with E-state index in [0.29, 0.717) is 17.1 Å². The molecular weight excluding hydrogens is 252 g/mol. The molecule has 0 radical (unpaired) electrons. The molecule has 1 aromatic rings. The number of hydrogen-bond donors (Lipinski definition) is 1. The molecule has 6 nitrogen and oxygen atoms in total. The molecular formula is C13H16O6. The molecule has 2 rings (SSSR count). The van der Waals surface area contributed by atoms with Crippen LogP contribution in [0.25, 0.3) is 0 Å². The van der Waals surface area contributed by atoms with E-state index in [1.165, 1.54) is 21.3 Å². The third kappa shape index (κ3) is 2.36.